The summed E-state index contributed by atoms with van der Waals surface area (Å²) in [5.41, 5.74) is 0.208. The van der Waals surface area contributed by atoms with Crippen LogP contribution in [0.2, 0.25) is 0 Å². The lowest BCUT2D eigenvalue weighted by Gasteiger charge is -2.03. The Bertz CT molecular complexity index is 609. The van der Waals surface area contributed by atoms with E-state index < -0.39 is 22.3 Å². The van der Waals surface area contributed by atoms with Gasteiger partial charge in [0.15, 0.2) is 5.75 Å². The molecule has 1 aromatic carbocycles. The Kier molecular flexibility index (Phi) is 3.42. The van der Waals surface area contributed by atoms with Crippen LogP contribution in [0, 0.1) is 10.1 Å². The number of carbonyl (C=O) groups is 1. The third kappa shape index (κ3) is 2.86. The minimum absolute atomic E-state index is 0.117. The van der Waals surface area contributed by atoms with Gasteiger partial charge in [-0.05, 0) is 12.1 Å². The van der Waals surface area contributed by atoms with Crippen molar-refractivity contribution >= 4 is 11.6 Å². The molecule has 0 fully saturated rings. The van der Waals surface area contributed by atoms with Crippen LogP contribution in [0.5, 0.6) is 5.75 Å². The molecule has 0 aliphatic heterocycles. The van der Waals surface area contributed by atoms with Gasteiger partial charge >= 0.3 is 5.69 Å². The number of phenolic OH excluding ortho intramolecular Hbond substituents is 1. The van der Waals surface area contributed by atoms with Crippen molar-refractivity contribution in [2.75, 3.05) is 0 Å². The highest BCUT2D eigenvalue weighted by atomic mass is 16.6. The molecule has 1 heterocycles. The van der Waals surface area contributed by atoms with E-state index in [1.54, 1.807) is 6.07 Å². The first-order valence-corrected chi connectivity index (χ1v) is 5.23. The molecule has 0 radical (unpaired) electrons. The normalized spacial score (nSPS) is 10.1. The average molecular weight is 263 g/mol. The number of nitrogens with zero attached hydrogens (tertiary/aromatic N) is 2. The molecule has 8 heteroatoms. The van der Waals surface area contributed by atoms with E-state index in [0.29, 0.717) is 5.69 Å². The highest BCUT2D eigenvalue weighted by Gasteiger charge is 2.16. The lowest BCUT2D eigenvalue weighted by Crippen LogP contribution is -2.22. The molecule has 2 aromatic rings. The van der Waals surface area contributed by atoms with Crippen LogP contribution in [0.3, 0.4) is 0 Å². The minimum Gasteiger partial charge on any atom is -0.502 e. The Hall–Kier alpha value is -2.90. The van der Waals surface area contributed by atoms with Crippen LogP contribution in [0.4, 0.5) is 5.69 Å². The van der Waals surface area contributed by atoms with Gasteiger partial charge in [-0.1, -0.05) is 5.16 Å². The predicted octanol–water partition coefficient (Wildman–Crippen LogP) is 1.22. The van der Waals surface area contributed by atoms with Gasteiger partial charge in [-0.15, -0.1) is 0 Å². The fourth-order valence-corrected chi connectivity index (χ4v) is 1.42. The maximum atomic E-state index is 11.7. The fourth-order valence-electron chi connectivity index (χ4n) is 1.42. The average Bonchev–Trinajstić information content (AvgIpc) is 2.88. The number of nitro benzene ring substituents is 1. The molecule has 0 saturated heterocycles. The number of aromatic nitrogens is 1. The Morgan fingerprint density at radius 2 is 2.26 bits per heavy atom. The lowest BCUT2D eigenvalue weighted by molar-refractivity contribution is -0.385. The standard InChI is InChI=1S/C11H9N3O5/c15-10-5-7(1-2-9(10)14(17)18)11(16)12-6-8-3-4-19-13-8/h1-5,15H,6H2,(H,12,16). The van der Waals surface area contributed by atoms with Gasteiger partial charge in [0, 0.05) is 17.7 Å². The van der Waals surface area contributed by atoms with Crippen LogP contribution in [-0.4, -0.2) is 21.1 Å². The molecular formula is C11H9N3O5. The van der Waals surface area contributed by atoms with Gasteiger partial charge in [0.05, 0.1) is 11.5 Å². The highest BCUT2D eigenvalue weighted by Crippen LogP contribution is 2.26. The minimum atomic E-state index is -0.730. The summed E-state index contributed by atoms with van der Waals surface area (Å²) in [6.45, 7) is 0.160. The Morgan fingerprint density at radius 1 is 1.47 bits per heavy atom. The molecule has 0 aliphatic carbocycles. The second kappa shape index (κ2) is 5.17. The largest absolute Gasteiger partial charge is 0.502 e. The fraction of sp³-hybridized carbons (Fsp3) is 0.0909. The van der Waals surface area contributed by atoms with E-state index in [1.165, 1.54) is 12.3 Å². The maximum absolute atomic E-state index is 11.7. The molecule has 0 unspecified atom stereocenters. The van der Waals surface area contributed by atoms with Crippen molar-refractivity contribution in [1.82, 2.24) is 10.5 Å². The number of carbonyl (C=O) groups excluding carboxylic acids is 1. The van der Waals surface area contributed by atoms with Crippen molar-refractivity contribution in [3.8, 4) is 5.75 Å². The maximum Gasteiger partial charge on any atom is 0.310 e. The van der Waals surface area contributed by atoms with Gasteiger partial charge in [-0.25, -0.2) is 0 Å². The number of nitrogens with one attached hydrogen (secondary N) is 1. The van der Waals surface area contributed by atoms with Crippen molar-refractivity contribution in [3.05, 3.63) is 51.9 Å². The predicted molar refractivity (Wildman–Crippen MR) is 62.4 cm³/mol. The zero-order chi connectivity index (χ0) is 13.8. The van der Waals surface area contributed by atoms with Gasteiger partial charge in [-0.3, -0.25) is 14.9 Å². The zero-order valence-corrected chi connectivity index (χ0v) is 9.57. The van der Waals surface area contributed by atoms with Crippen molar-refractivity contribution in [3.63, 3.8) is 0 Å². The van der Waals surface area contributed by atoms with Crippen LogP contribution in [0.15, 0.2) is 35.1 Å². The number of hydrogen-bond donors (Lipinski definition) is 2. The molecule has 98 valence electrons. The molecule has 8 nitrogen and oxygen atoms in total. The molecule has 0 atom stereocenters. The summed E-state index contributed by atoms with van der Waals surface area (Å²) in [5, 5.41) is 26.1. The first-order chi connectivity index (χ1) is 9.08. The first-order valence-electron chi connectivity index (χ1n) is 5.23. The molecule has 0 bridgehead atoms. The summed E-state index contributed by atoms with van der Waals surface area (Å²) in [6, 6.07) is 4.96. The molecular weight excluding hydrogens is 254 g/mol. The molecule has 0 aliphatic rings. The molecule has 0 spiro atoms. The SMILES string of the molecule is O=C(NCc1ccon1)c1ccc([N+](=O)[O-])c(O)c1. The van der Waals surface area contributed by atoms with Gasteiger partial charge in [0.2, 0.25) is 0 Å². The highest BCUT2D eigenvalue weighted by molar-refractivity contribution is 5.94. The van der Waals surface area contributed by atoms with E-state index in [4.69, 9.17) is 0 Å². The Labute approximate surface area is 106 Å². The molecule has 0 saturated carbocycles. The second-order valence-electron chi connectivity index (χ2n) is 3.63. The van der Waals surface area contributed by atoms with Crippen LogP contribution in [-0.2, 0) is 6.54 Å². The summed E-state index contributed by atoms with van der Waals surface area (Å²) in [5.74, 6) is -1.03. The van der Waals surface area contributed by atoms with E-state index >= 15 is 0 Å². The Balaban J connectivity index is 2.07. The van der Waals surface area contributed by atoms with Crippen LogP contribution < -0.4 is 5.32 Å². The van der Waals surface area contributed by atoms with Crippen LogP contribution in [0.25, 0.3) is 0 Å². The first kappa shape index (κ1) is 12.6. The molecule has 2 rings (SSSR count). The van der Waals surface area contributed by atoms with E-state index in [1.807, 2.05) is 0 Å². The quantitative estimate of drug-likeness (QED) is 0.632. The molecule has 1 aromatic heterocycles. The number of hydrogen-bond acceptors (Lipinski definition) is 6. The van der Waals surface area contributed by atoms with Gasteiger partial charge in [0.25, 0.3) is 5.91 Å². The van der Waals surface area contributed by atoms with Crippen molar-refractivity contribution in [2.24, 2.45) is 0 Å². The summed E-state index contributed by atoms with van der Waals surface area (Å²) >= 11 is 0. The van der Waals surface area contributed by atoms with E-state index in [9.17, 15) is 20.0 Å². The summed E-state index contributed by atoms with van der Waals surface area (Å²) < 4.78 is 4.60. The smallest absolute Gasteiger partial charge is 0.310 e. The summed E-state index contributed by atoms with van der Waals surface area (Å²) in [6.07, 6.45) is 1.37. The molecule has 19 heavy (non-hydrogen) atoms. The number of benzene rings is 1. The van der Waals surface area contributed by atoms with E-state index in [2.05, 4.69) is 15.0 Å². The second-order valence-corrected chi connectivity index (χ2v) is 3.63. The third-order valence-corrected chi connectivity index (χ3v) is 2.36. The van der Waals surface area contributed by atoms with Gasteiger partial charge in [-0.2, -0.15) is 0 Å². The number of phenols is 1. The van der Waals surface area contributed by atoms with Crippen LogP contribution >= 0.6 is 0 Å². The zero-order valence-electron chi connectivity index (χ0n) is 9.57. The number of amides is 1. The van der Waals surface area contributed by atoms with Crippen molar-refractivity contribution in [1.29, 1.82) is 0 Å². The van der Waals surface area contributed by atoms with Gasteiger partial charge < -0.3 is 14.9 Å². The number of rotatable bonds is 4. The van der Waals surface area contributed by atoms with Gasteiger partial charge in [0.1, 0.15) is 12.0 Å². The summed E-state index contributed by atoms with van der Waals surface area (Å²) in [4.78, 5) is 21.5. The molecule has 2 N–H and O–H groups in total. The van der Waals surface area contributed by atoms with E-state index in [0.717, 1.165) is 12.1 Å². The topological polar surface area (TPSA) is 119 Å². The lowest BCUT2D eigenvalue weighted by atomic mass is 10.2. The van der Waals surface area contributed by atoms with Crippen molar-refractivity contribution in [2.45, 2.75) is 6.54 Å². The number of nitro groups is 1. The Morgan fingerprint density at radius 3 is 2.84 bits per heavy atom. The van der Waals surface area contributed by atoms with E-state index in [-0.39, 0.29) is 12.1 Å². The number of aromatic hydroxyl groups is 1. The molecule has 1 amide bonds. The summed E-state index contributed by atoms with van der Waals surface area (Å²) in [7, 11) is 0. The monoisotopic (exact) mass is 263 g/mol. The third-order valence-electron chi connectivity index (χ3n) is 2.36. The van der Waals surface area contributed by atoms with Crippen LogP contribution in [0.1, 0.15) is 16.1 Å². The van der Waals surface area contributed by atoms with Crippen molar-refractivity contribution < 1.29 is 19.3 Å².